The number of hydrogen-bond donors (Lipinski definition) is 1. The maximum absolute atomic E-state index is 12.6. The van der Waals surface area contributed by atoms with Gasteiger partial charge in [-0.2, -0.15) is 0 Å². The third-order valence-electron chi connectivity index (χ3n) is 3.81. The van der Waals surface area contributed by atoms with Gasteiger partial charge in [0.25, 0.3) is 5.91 Å². The quantitative estimate of drug-likeness (QED) is 0.862. The van der Waals surface area contributed by atoms with Gasteiger partial charge in [-0.3, -0.25) is 9.59 Å². The van der Waals surface area contributed by atoms with E-state index in [9.17, 15) is 9.59 Å². The molecule has 0 aliphatic carbocycles. The fraction of sp³-hybridized carbons (Fsp3) is 0.250. The zero-order chi connectivity index (χ0) is 15.0. The Labute approximate surface area is 131 Å². The predicted molar refractivity (Wildman–Crippen MR) is 85.2 cm³/mol. The molecule has 21 heavy (non-hydrogen) atoms. The van der Waals surface area contributed by atoms with Gasteiger partial charge in [-0.25, -0.2) is 0 Å². The molecule has 0 spiro atoms. The number of nitrogens with zero attached hydrogens (tertiary/aromatic N) is 1. The molecule has 2 aromatic rings. The van der Waals surface area contributed by atoms with Crippen molar-refractivity contribution in [1.82, 2.24) is 10.2 Å². The molecule has 2 aromatic carbocycles. The van der Waals surface area contributed by atoms with E-state index >= 15 is 0 Å². The lowest BCUT2D eigenvalue weighted by atomic mass is 10.1. The van der Waals surface area contributed by atoms with E-state index in [0.717, 1.165) is 15.2 Å². The van der Waals surface area contributed by atoms with Gasteiger partial charge in [-0.15, -0.1) is 0 Å². The topological polar surface area (TPSA) is 49.4 Å². The van der Waals surface area contributed by atoms with Crippen LogP contribution < -0.4 is 5.32 Å². The van der Waals surface area contributed by atoms with Gasteiger partial charge in [0.2, 0.25) is 5.91 Å². The maximum Gasteiger partial charge on any atom is 0.254 e. The van der Waals surface area contributed by atoms with Crippen LogP contribution >= 0.6 is 15.9 Å². The van der Waals surface area contributed by atoms with Crippen LogP contribution in [0.15, 0.2) is 40.9 Å². The largest absolute Gasteiger partial charge is 0.353 e. The lowest BCUT2D eigenvalue weighted by molar-refractivity contribution is -0.127. The van der Waals surface area contributed by atoms with Crippen LogP contribution in [0.1, 0.15) is 17.3 Å². The van der Waals surface area contributed by atoms with Crippen LogP contribution in [0.4, 0.5) is 0 Å². The molecule has 4 nitrogen and oxygen atoms in total. The molecule has 1 aliphatic rings. The summed E-state index contributed by atoms with van der Waals surface area (Å²) in [6.07, 6.45) is 0. The summed E-state index contributed by atoms with van der Waals surface area (Å²) in [7, 11) is 0. The lowest BCUT2D eigenvalue weighted by Gasteiger charge is -2.32. The van der Waals surface area contributed by atoms with Crippen molar-refractivity contribution in [2.24, 2.45) is 0 Å². The molecule has 1 N–H and O–H groups in total. The van der Waals surface area contributed by atoms with Crippen LogP contribution in [0.25, 0.3) is 10.8 Å². The summed E-state index contributed by atoms with van der Waals surface area (Å²) < 4.78 is 1.01. The fourth-order valence-electron chi connectivity index (χ4n) is 2.58. The number of halogens is 1. The molecule has 0 aromatic heterocycles. The zero-order valence-electron chi connectivity index (χ0n) is 11.6. The van der Waals surface area contributed by atoms with E-state index in [1.54, 1.807) is 11.8 Å². The van der Waals surface area contributed by atoms with E-state index in [2.05, 4.69) is 21.2 Å². The van der Waals surface area contributed by atoms with E-state index in [0.29, 0.717) is 18.7 Å². The van der Waals surface area contributed by atoms with Crippen LogP contribution in [0.5, 0.6) is 0 Å². The van der Waals surface area contributed by atoms with Crippen molar-refractivity contribution in [3.63, 3.8) is 0 Å². The lowest BCUT2D eigenvalue weighted by Crippen LogP contribution is -2.55. The van der Waals surface area contributed by atoms with Crippen molar-refractivity contribution in [2.75, 3.05) is 13.1 Å². The highest BCUT2D eigenvalue weighted by atomic mass is 79.9. The minimum absolute atomic E-state index is 0.0952. The van der Waals surface area contributed by atoms with Crippen LogP contribution in [-0.2, 0) is 4.79 Å². The molecule has 1 aliphatic heterocycles. The second kappa shape index (κ2) is 5.48. The van der Waals surface area contributed by atoms with E-state index in [1.807, 2.05) is 36.4 Å². The van der Waals surface area contributed by atoms with Crippen molar-refractivity contribution in [1.29, 1.82) is 0 Å². The molecule has 2 amide bonds. The van der Waals surface area contributed by atoms with Crippen LogP contribution in [0, 0.1) is 0 Å². The van der Waals surface area contributed by atoms with E-state index in [1.165, 1.54) is 0 Å². The molecule has 1 saturated heterocycles. The fourth-order valence-corrected chi connectivity index (χ4v) is 2.95. The van der Waals surface area contributed by atoms with Crippen molar-refractivity contribution in [3.05, 3.63) is 46.4 Å². The van der Waals surface area contributed by atoms with Crippen LogP contribution in [0.2, 0.25) is 0 Å². The Balaban J connectivity index is 1.94. The summed E-state index contributed by atoms with van der Waals surface area (Å²) in [6.45, 7) is 2.81. The highest BCUT2D eigenvalue weighted by Crippen LogP contribution is 2.22. The Bertz CT molecular complexity index is 729. The third-order valence-corrected chi connectivity index (χ3v) is 4.30. The Kier molecular flexibility index (Phi) is 3.68. The summed E-state index contributed by atoms with van der Waals surface area (Å²) >= 11 is 3.44. The van der Waals surface area contributed by atoms with Gasteiger partial charge in [0, 0.05) is 23.1 Å². The number of hydrogen-bond acceptors (Lipinski definition) is 2. The predicted octanol–water partition coefficient (Wildman–Crippen LogP) is 2.56. The Morgan fingerprint density at radius 1 is 1.24 bits per heavy atom. The van der Waals surface area contributed by atoms with Crippen molar-refractivity contribution >= 4 is 38.5 Å². The SMILES string of the molecule is CC1C(=O)NCCN1C(=O)c1ccc2cc(Br)ccc2c1. The maximum atomic E-state index is 12.6. The summed E-state index contributed by atoms with van der Waals surface area (Å²) in [6, 6.07) is 11.1. The first-order valence-electron chi connectivity index (χ1n) is 6.84. The summed E-state index contributed by atoms with van der Waals surface area (Å²) in [4.78, 5) is 25.9. The third kappa shape index (κ3) is 2.65. The number of carbonyl (C=O) groups excluding carboxylic acids is 2. The molecule has 0 saturated carbocycles. The van der Waals surface area contributed by atoms with E-state index in [-0.39, 0.29) is 11.8 Å². The Morgan fingerprint density at radius 3 is 2.76 bits per heavy atom. The van der Waals surface area contributed by atoms with Gasteiger partial charge in [-0.1, -0.05) is 28.1 Å². The minimum Gasteiger partial charge on any atom is -0.353 e. The van der Waals surface area contributed by atoms with E-state index in [4.69, 9.17) is 0 Å². The van der Waals surface area contributed by atoms with Crippen molar-refractivity contribution in [3.8, 4) is 0 Å². The smallest absolute Gasteiger partial charge is 0.254 e. The highest BCUT2D eigenvalue weighted by molar-refractivity contribution is 9.10. The molecule has 0 bridgehead atoms. The summed E-state index contributed by atoms with van der Waals surface area (Å²) in [5.74, 6) is -0.193. The molecule has 1 unspecified atom stereocenters. The van der Waals surface area contributed by atoms with Gasteiger partial charge < -0.3 is 10.2 Å². The highest BCUT2D eigenvalue weighted by Gasteiger charge is 2.29. The number of rotatable bonds is 1. The molecular formula is C16H15BrN2O2. The van der Waals surface area contributed by atoms with Gasteiger partial charge in [0.15, 0.2) is 0 Å². The molecule has 3 rings (SSSR count). The molecule has 1 atom stereocenters. The summed E-state index contributed by atoms with van der Waals surface area (Å²) in [5.41, 5.74) is 0.617. The number of amides is 2. The van der Waals surface area contributed by atoms with Gasteiger partial charge in [0.1, 0.15) is 6.04 Å². The van der Waals surface area contributed by atoms with Crippen LogP contribution in [-0.4, -0.2) is 35.8 Å². The first kappa shape index (κ1) is 14.1. The number of benzene rings is 2. The number of nitrogens with one attached hydrogen (secondary N) is 1. The van der Waals surface area contributed by atoms with Gasteiger partial charge >= 0.3 is 0 Å². The van der Waals surface area contributed by atoms with E-state index < -0.39 is 6.04 Å². The van der Waals surface area contributed by atoms with Gasteiger partial charge in [0.05, 0.1) is 0 Å². The molecular weight excluding hydrogens is 332 g/mol. The first-order valence-corrected chi connectivity index (χ1v) is 7.63. The zero-order valence-corrected chi connectivity index (χ0v) is 13.2. The summed E-state index contributed by atoms with van der Waals surface area (Å²) in [5, 5.41) is 4.85. The van der Waals surface area contributed by atoms with Crippen molar-refractivity contribution < 1.29 is 9.59 Å². The first-order chi connectivity index (χ1) is 10.1. The monoisotopic (exact) mass is 346 g/mol. The van der Waals surface area contributed by atoms with Gasteiger partial charge in [-0.05, 0) is 42.0 Å². The minimum atomic E-state index is -0.424. The second-order valence-electron chi connectivity index (χ2n) is 5.17. The van der Waals surface area contributed by atoms with Crippen molar-refractivity contribution in [2.45, 2.75) is 13.0 Å². The average Bonchev–Trinajstić information content (AvgIpc) is 2.49. The van der Waals surface area contributed by atoms with Crippen LogP contribution in [0.3, 0.4) is 0 Å². The standard InChI is InChI=1S/C16H15BrN2O2/c1-10-15(20)18-6-7-19(10)16(21)13-3-2-12-9-14(17)5-4-11(12)8-13/h2-5,8-10H,6-7H2,1H3,(H,18,20). The molecule has 1 heterocycles. The molecule has 108 valence electrons. The normalized spacial score (nSPS) is 18.7. The number of fused-ring (bicyclic) bond motifs is 1. The molecule has 5 heteroatoms. The molecule has 0 radical (unpaired) electrons. The Morgan fingerprint density at radius 2 is 1.95 bits per heavy atom. The number of piperazine rings is 1. The number of carbonyl (C=O) groups is 2. The molecule has 1 fully saturated rings. The Hall–Kier alpha value is -1.88. The average molecular weight is 347 g/mol. The second-order valence-corrected chi connectivity index (χ2v) is 6.09.